The second-order valence-electron chi connectivity index (χ2n) is 13.7. The second-order valence-corrected chi connectivity index (χ2v) is 13.7. The van der Waals surface area contributed by atoms with Crippen LogP contribution in [0.2, 0.25) is 0 Å². The van der Waals surface area contributed by atoms with Crippen molar-refractivity contribution in [2.45, 2.75) is 62.9 Å². The molecular formula is C40H43N3O7. The summed E-state index contributed by atoms with van der Waals surface area (Å²) in [5.41, 5.74) is -0.0525. The Hall–Kier alpha value is -4.80. The predicted octanol–water partition coefficient (Wildman–Crippen LogP) is 4.48. The molecule has 5 bridgehead atoms. The molecule has 0 aliphatic carbocycles. The largest absolute Gasteiger partial charge is 0.463 e. The van der Waals surface area contributed by atoms with Crippen LogP contribution in [-0.4, -0.2) is 77.2 Å². The van der Waals surface area contributed by atoms with Crippen molar-refractivity contribution in [3.8, 4) is 0 Å². The highest BCUT2D eigenvalue weighted by Gasteiger charge is 2.74. The maximum Gasteiger partial charge on any atom is 0.306 e. The number of amides is 3. The van der Waals surface area contributed by atoms with Crippen LogP contribution in [0.3, 0.4) is 0 Å². The first kappa shape index (κ1) is 33.7. The van der Waals surface area contributed by atoms with Crippen LogP contribution in [0.15, 0.2) is 97.1 Å². The van der Waals surface area contributed by atoms with Crippen LogP contribution in [0.25, 0.3) is 10.8 Å². The van der Waals surface area contributed by atoms with E-state index in [1.54, 1.807) is 17.1 Å². The lowest BCUT2D eigenvalue weighted by atomic mass is 9.74. The van der Waals surface area contributed by atoms with Crippen LogP contribution in [0.4, 0.5) is 5.69 Å². The number of aliphatic hydroxyl groups is 1. The third-order valence-corrected chi connectivity index (χ3v) is 10.9. The van der Waals surface area contributed by atoms with Crippen LogP contribution in [-0.2, 0) is 28.7 Å². The fourth-order valence-electron chi connectivity index (χ4n) is 8.10. The normalized spacial score (nSPS) is 30.3. The number of ether oxygens (including phenoxy) is 2. The van der Waals surface area contributed by atoms with Gasteiger partial charge in [-0.2, -0.15) is 0 Å². The second kappa shape index (κ2) is 13.8. The number of allylic oxidation sites excluding steroid dienone is 1. The van der Waals surface area contributed by atoms with E-state index in [2.05, 4.69) is 5.32 Å². The summed E-state index contributed by atoms with van der Waals surface area (Å²) in [4.78, 5) is 60.4. The number of esters is 1. The summed E-state index contributed by atoms with van der Waals surface area (Å²) in [6.45, 7) is 3.66. The minimum atomic E-state index is -1.43. The van der Waals surface area contributed by atoms with Crippen LogP contribution in [0.5, 0.6) is 0 Å². The van der Waals surface area contributed by atoms with E-state index in [1.165, 1.54) is 4.90 Å². The number of rotatable bonds is 6. The summed E-state index contributed by atoms with van der Waals surface area (Å²) in [5.74, 6) is -3.71. The van der Waals surface area contributed by atoms with Crippen molar-refractivity contribution in [1.82, 2.24) is 10.2 Å². The number of cyclic esters (lactones) is 1. The van der Waals surface area contributed by atoms with Crippen molar-refractivity contribution in [2.75, 3.05) is 24.7 Å². The highest BCUT2D eigenvalue weighted by Crippen LogP contribution is 2.56. The number of fused-ring (bicyclic) bond motifs is 3. The van der Waals surface area contributed by atoms with Crippen molar-refractivity contribution < 1.29 is 33.8 Å². The molecule has 50 heavy (non-hydrogen) atoms. The van der Waals surface area contributed by atoms with Crippen molar-refractivity contribution in [2.24, 2.45) is 17.8 Å². The number of aliphatic hydroxyl groups excluding tert-OH is 1. The fraction of sp³-hybridized carbons (Fsp3) is 0.400. The Bertz CT molecular complexity index is 1840. The number of carbonyl (C=O) groups is 4. The molecule has 0 saturated carbocycles. The summed E-state index contributed by atoms with van der Waals surface area (Å²) in [6.07, 6.45) is 7.68. The van der Waals surface area contributed by atoms with Crippen LogP contribution in [0, 0.1) is 17.8 Å². The van der Waals surface area contributed by atoms with Gasteiger partial charge in [-0.05, 0) is 40.8 Å². The van der Waals surface area contributed by atoms with Gasteiger partial charge in [0, 0.05) is 18.7 Å². The Morgan fingerprint density at radius 2 is 1.72 bits per heavy atom. The smallest absolute Gasteiger partial charge is 0.306 e. The number of hydrogen-bond donors (Lipinski definition) is 2. The van der Waals surface area contributed by atoms with E-state index in [0.29, 0.717) is 18.5 Å². The maximum atomic E-state index is 15.2. The molecule has 3 amide bonds. The number of hydrogen-bond acceptors (Lipinski definition) is 7. The zero-order valence-corrected chi connectivity index (χ0v) is 28.3. The fourth-order valence-corrected chi connectivity index (χ4v) is 8.10. The molecule has 7 rings (SSSR count). The van der Waals surface area contributed by atoms with E-state index in [4.69, 9.17) is 9.47 Å². The molecule has 4 heterocycles. The van der Waals surface area contributed by atoms with Gasteiger partial charge in [-0.3, -0.25) is 19.2 Å². The molecule has 260 valence electrons. The lowest BCUT2D eigenvalue weighted by Crippen LogP contribution is -2.59. The van der Waals surface area contributed by atoms with Gasteiger partial charge in [0.15, 0.2) is 0 Å². The molecule has 0 aromatic heterocycles. The molecule has 3 aromatic rings. The van der Waals surface area contributed by atoms with Gasteiger partial charge in [0.05, 0.1) is 36.6 Å². The first-order chi connectivity index (χ1) is 24.3. The summed E-state index contributed by atoms with van der Waals surface area (Å²) in [6, 6.07) is 20.4. The standard InChI is InChI=1S/C40H43N3O7/c1-3-25(2)31(23-44)43-36-39(48)42(29-18-17-26-12-9-10-15-28(26)22-29)21-11-5-8-16-33(45)49-24-30(27-13-6-4-7-14-27)41-37(46)34-32-19-20-40(36,50-32)35(34)38(43)47/h4-7,9-15,17-20,22,25,30-32,34-36,44H,3,8,16,21,23-24H2,1-2H3,(H,41,46)/b11-5-/t25-,30-,31-,32-,34+,35+,36-,40+/m0/s1. The van der Waals surface area contributed by atoms with Gasteiger partial charge in [-0.15, -0.1) is 0 Å². The Balaban J connectivity index is 1.35. The van der Waals surface area contributed by atoms with E-state index in [1.807, 2.05) is 98.8 Å². The molecular weight excluding hydrogens is 634 g/mol. The first-order valence-electron chi connectivity index (χ1n) is 17.5. The number of anilines is 1. The molecule has 0 radical (unpaired) electrons. The number of likely N-dealkylation sites (tertiary alicyclic amines) is 1. The first-order valence-corrected chi connectivity index (χ1v) is 17.5. The number of nitrogens with one attached hydrogen (secondary N) is 1. The summed E-state index contributed by atoms with van der Waals surface area (Å²) >= 11 is 0. The average Bonchev–Trinajstić information content (AvgIpc) is 3.78. The van der Waals surface area contributed by atoms with Crippen molar-refractivity contribution in [3.05, 3.63) is 103 Å². The topological polar surface area (TPSA) is 125 Å². The molecule has 8 atom stereocenters. The SMILES string of the molecule is CC[C@H](C)[C@H](CO)N1C(=O)[C@H]2[C@@H]3C(=O)N[C@H](c4ccccc4)COC(=O)CC/C=C\CN(c4ccc5ccccc5c4)C(=O)[C@H]1[C@@]21C=C[C@@H]3O1. The molecule has 2 N–H and O–H groups in total. The monoisotopic (exact) mass is 677 g/mol. The minimum absolute atomic E-state index is 0.0836. The zero-order chi connectivity index (χ0) is 35.0. The van der Waals surface area contributed by atoms with E-state index >= 15 is 4.79 Å². The molecule has 4 aliphatic heterocycles. The van der Waals surface area contributed by atoms with Crippen molar-refractivity contribution in [3.63, 3.8) is 0 Å². The Labute approximate surface area is 291 Å². The number of benzene rings is 3. The summed E-state index contributed by atoms with van der Waals surface area (Å²) in [5, 5.41) is 15.8. The molecule has 2 fully saturated rings. The van der Waals surface area contributed by atoms with Gasteiger partial charge in [-0.25, -0.2) is 0 Å². The van der Waals surface area contributed by atoms with E-state index in [0.717, 1.165) is 16.3 Å². The average molecular weight is 678 g/mol. The molecule has 2 saturated heterocycles. The lowest BCUT2D eigenvalue weighted by Gasteiger charge is -2.40. The van der Waals surface area contributed by atoms with Crippen LogP contribution in [0.1, 0.15) is 44.7 Å². The molecule has 3 aromatic carbocycles. The van der Waals surface area contributed by atoms with Gasteiger partial charge >= 0.3 is 5.97 Å². The van der Waals surface area contributed by atoms with Gasteiger partial charge in [0.1, 0.15) is 18.2 Å². The zero-order valence-electron chi connectivity index (χ0n) is 28.3. The van der Waals surface area contributed by atoms with Crippen molar-refractivity contribution in [1.29, 1.82) is 0 Å². The predicted molar refractivity (Wildman–Crippen MR) is 188 cm³/mol. The summed E-state index contributed by atoms with van der Waals surface area (Å²) in [7, 11) is 0. The van der Waals surface area contributed by atoms with Gasteiger partial charge in [0.2, 0.25) is 11.8 Å². The number of nitrogens with zero attached hydrogens (tertiary/aromatic N) is 2. The lowest BCUT2D eigenvalue weighted by molar-refractivity contribution is -0.147. The third kappa shape index (κ3) is 5.80. The highest BCUT2D eigenvalue weighted by atomic mass is 16.5. The Kier molecular flexibility index (Phi) is 9.32. The molecule has 0 unspecified atom stereocenters. The maximum absolute atomic E-state index is 15.2. The van der Waals surface area contributed by atoms with Gasteiger partial charge in [0.25, 0.3) is 5.91 Å². The summed E-state index contributed by atoms with van der Waals surface area (Å²) < 4.78 is 12.3. The van der Waals surface area contributed by atoms with E-state index < -0.39 is 59.5 Å². The Morgan fingerprint density at radius 1 is 0.960 bits per heavy atom. The molecule has 4 aliphatic rings. The van der Waals surface area contributed by atoms with Gasteiger partial charge < -0.3 is 29.7 Å². The highest BCUT2D eigenvalue weighted by molar-refractivity contribution is 6.06. The van der Waals surface area contributed by atoms with Gasteiger partial charge in [-0.1, -0.05) is 105 Å². The van der Waals surface area contributed by atoms with Crippen molar-refractivity contribution >= 4 is 40.2 Å². The van der Waals surface area contributed by atoms with E-state index in [-0.39, 0.29) is 38.0 Å². The molecule has 10 nitrogen and oxygen atoms in total. The quantitative estimate of drug-likeness (QED) is 0.291. The minimum Gasteiger partial charge on any atom is -0.463 e. The molecule has 10 heteroatoms. The van der Waals surface area contributed by atoms with Crippen LogP contribution < -0.4 is 10.2 Å². The van der Waals surface area contributed by atoms with Crippen LogP contribution >= 0.6 is 0 Å². The van der Waals surface area contributed by atoms with E-state index in [9.17, 15) is 19.5 Å². The number of carbonyl (C=O) groups excluding carboxylic acids is 4. The molecule has 1 spiro atoms. The Morgan fingerprint density at radius 3 is 2.48 bits per heavy atom. The third-order valence-electron chi connectivity index (χ3n) is 10.9.